The van der Waals surface area contributed by atoms with Crippen LogP contribution < -0.4 is 5.30 Å². The maximum Gasteiger partial charge on any atom is 0.548 e. The Bertz CT molecular complexity index is 297. The van der Waals surface area contributed by atoms with Gasteiger partial charge in [0, 0.05) is 5.56 Å². The van der Waals surface area contributed by atoms with Gasteiger partial charge in [0.2, 0.25) is 5.30 Å². The fraction of sp³-hybridized carbons (Fsp3) is 0.400. The summed E-state index contributed by atoms with van der Waals surface area (Å²) in [6, 6.07) is 7.61. The number of hydrogen-bond donors (Lipinski definition) is 0. The summed E-state index contributed by atoms with van der Waals surface area (Å²) >= 11 is 0. The van der Waals surface area contributed by atoms with E-state index in [-0.39, 0.29) is 0 Å². The molecule has 0 aliphatic carbocycles. The Labute approximate surface area is 79.8 Å². The Morgan fingerprint density at radius 1 is 1.38 bits per heavy atom. The number of benzene rings is 1. The van der Waals surface area contributed by atoms with Gasteiger partial charge in [0.15, 0.2) is 0 Å². The van der Waals surface area contributed by atoms with Gasteiger partial charge in [0.1, 0.15) is 6.61 Å². The van der Waals surface area contributed by atoms with E-state index in [1.165, 1.54) is 0 Å². The van der Waals surface area contributed by atoms with E-state index in [2.05, 4.69) is 0 Å². The summed E-state index contributed by atoms with van der Waals surface area (Å²) in [6.07, 6.45) is 0.896. The van der Waals surface area contributed by atoms with Crippen molar-refractivity contribution in [3.8, 4) is 0 Å². The van der Waals surface area contributed by atoms with Gasteiger partial charge in [-0.1, -0.05) is 25.1 Å². The molecule has 3 heteroatoms. The monoisotopic (exact) mass is 197 g/mol. The molecule has 0 heterocycles. The first kappa shape index (κ1) is 10.4. The fourth-order valence-corrected chi connectivity index (χ4v) is 2.07. The second-order valence-corrected chi connectivity index (χ2v) is 4.13. The first-order valence-electron chi connectivity index (χ1n) is 4.41. The van der Waals surface area contributed by atoms with Gasteiger partial charge < -0.3 is 0 Å². The highest BCUT2D eigenvalue weighted by atomic mass is 31.1. The van der Waals surface area contributed by atoms with Crippen LogP contribution >= 0.6 is 8.03 Å². The van der Waals surface area contributed by atoms with E-state index in [1.54, 1.807) is 0 Å². The minimum atomic E-state index is -1.65. The lowest BCUT2D eigenvalue weighted by Gasteiger charge is -1.92. The SMILES string of the molecule is CCCO[P+](=O)c1ccccc1C. The molecule has 0 aliphatic rings. The maximum atomic E-state index is 11.6. The predicted octanol–water partition coefficient (Wildman–Crippen LogP) is 2.79. The van der Waals surface area contributed by atoms with Crippen LogP contribution in [0.1, 0.15) is 18.9 Å². The third-order valence-corrected chi connectivity index (χ3v) is 3.04. The first-order valence-corrected chi connectivity index (χ1v) is 5.59. The molecule has 70 valence electrons. The van der Waals surface area contributed by atoms with Crippen molar-refractivity contribution in [2.24, 2.45) is 0 Å². The molecular weight excluding hydrogens is 183 g/mol. The van der Waals surface area contributed by atoms with Gasteiger partial charge in [-0.05, 0) is 24.0 Å². The van der Waals surface area contributed by atoms with E-state index in [0.29, 0.717) is 6.61 Å². The molecule has 1 aromatic carbocycles. The Hall–Kier alpha value is -0.720. The van der Waals surface area contributed by atoms with Crippen LogP contribution in [0.3, 0.4) is 0 Å². The zero-order valence-corrected chi connectivity index (χ0v) is 8.88. The van der Waals surface area contributed by atoms with Gasteiger partial charge in [0.25, 0.3) is 0 Å². The standard InChI is InChI=1S/C10H14O2P/c1-3-8-12-13(11)10-7-5-4-6-9(10)2/h4-7H,3,8H2,1-2H3/q+1. The minimum absolute atomic E-state index is 0.559. The summed E-state index contributed by atoms with van der Waals surface area (Å²) < 4.78 is 16.7. The maximum absolute atomic E-state index is 11.6. The molecule has 2 nitrogen and oxygen atoms in total. The number of hydrogen-bond acceptors (Lipinski definition) is 2. The molecule has 0 aliphatic heterocycles. The molecule has 0 spiro atoms. The molecule has 1 atom stereocenters. The topological polar surface area (TPSA) is 26.3 Å². The molecule has 0 saturated carbocycles. The van der Waals surface area contributed by atoms with E-state index >= 15 is 0 Å². The summed E-state index contributed by atoms with van der Waals surface area (Å²) in [5, 5.41) is 0.811. The molecule has 0 radical (unpaired) electrons. The van der Waals surface area contributed by atoms with Gasteiger partial charge in [-0.15, -0.1) is 4.52 Å². The van der Waals surface area contributed by atoms with Crippen molar-refractivity contribution in [2.75, 3.05) is 6.61 Å². The first-order chi connectivity index (χ1) is 6.25. The van der Waals surface area contributed by atoms with Crippen LogP contribution in [0.4, 0.5) is 0 Å². The molecule has 0 aromatic heterocycles. The summed E-state index contributed by atoms with van der Waals surface area (Å²) in [5.41, 5.74) is 1.03. The van der Waals surface area contributed by atoms with Crippen LogP contribution in [0.5, 0.6) is 0 Å². The Kier molecular flexibility index (Phi) is 4.07. The molecule has 1 aromatic rings. The Balaban J connectivity index is 2.71. The van der Waals surface area contributed by atoms with Crippen molar-refractivity contribution < 1.29 is 9.09 Å². The summed E-state index contributed by atoms with van der Waals surface area (Å²) in [5.74, 6) is 0. The van der Waals surface area contributed by atoms with E-state index in [1.807, 2.05) is 38.1 Å². The highest BCUT2D eigenvalue weighted by Gasteiger charge is 2.23. The van der Waals surface area contributed by atoms with Crippen LogP contribution in [-0.4, -0.2) is 6.61 Å². The fourth-order valence-electron chi connectivity index (χ4n) is 1.01. The van der Waals surface area contributed by atoms with Crippen LogP contribution in [-0.2, 0) is 9.09 Å². The van der Waals surface area contributed by atoms with Crippen LogP contribution in [0, 0.1) is 6.92 Å². The van der Waals surface area contributed by atoms with Crippen molar-refractivity contribution >= 4 is 13.3 Å². The van der Waals surface area contributed by atoms with Gasteiger partial charge >= 0.3 is 8.03 Å². The largest absolute Gasteiger partial charge is 0.548 e. The normalized spacial score (nSPS) is 11.4. The number of rotatable bonds is 4. The summed E-state index contributed by atoms with van der Waals surface area (Å²) in [6.45, 7) is 4.50. The minimum Gasteiger partial charge on any atom is -0.142 e. The van der Waals surface area contributed by atoms with Gasteiger partial charge in [-0.3, -0.25) is 0 Å². The van der Waals surface area contributed by atoms with E-state index in [0.717, 1.165) is 17.3 Å². The van der Waals surface area contributed by atoms with Crippen LogP contribution in [0.2, 0.25) is 0 Å². The van der Waals surface area contributed by atoms with Crippen LogP contribution in [0.15, 0.2) is 24.3 Å². The average molecular weight is 197 g/mol. The molecule has 0 fully saturated rings. The zero-order chi connectivity index (χ0) is 9.68. The molecule has 0 bridgehead atoms. The zero-order valence-electron chi connectivity index (χ0n) is 7.99. The number of aryl methyl sites for hydroxylation is 1. The quantitative estimate of drug-likeness (QED) is 0.694. The molecular formula is C10H14O2P+. The van der Waals surface area contributed by atoms with Crippen molar-refractivity contribution in [1.29, 1.82) is 0 Å². The van der Waals surface area contributed by atoms with Gasteiger partial charge in [0.05, 0.1) is 0 Å². The molecule has 0 saturated heterocycles. The Morgan fingerprint density at radius 3 is 2.69 bits per heavy atom. The smallest absolute Gasteiger partial charge is 0.142 e. The third kappa shape index (κ3) is 2.91. The Morgan fingerprint density at radius 2 is 2.08 bits per heavy atom. The van der Waals surface area contributed by atoms with Crippen molar-refractivity contribution in [3.05, 3.63) is 29.8 Å². The molecule has 1 rings (SSSR count). The lowest BCUT2D eigenvalue weighted by Crippen LogP contribution is -2.02. The lowest BCUT2D eigenvalue weighted by molar-refractivity contribution is 0.335. The third-order valence-electron chi connectivity index (χ3n) is 1.72. The van der Waals surface area contributed by atoms with Crippen molar-refractivity contribution in [2.45, 2.75) is 20.3 Å². The van der Waals surface area contributed by atoms with E-state index in [9.17, 15) is 4.57 Å². The summed E-state index contributed by atoms with van der Waals surface area (Å²) in [7, 11) is -1.65. The van der Waals surface area contributed by atoms with Gasteiger partial charge in [-0.25, -0.2) is 0 Å². The second-order valence-electron chi connectivity index (χ2n) is 2.88. The van der Waals surface area contributed by atoms with Crippen LogP contribution in [0.25, 0.3) is 0 Å². The molecule has 0 N–H and O–H groups in total. The highest BCUT2D eigenvalue weighted by Crippen LogP contribution is 2.23. The predicted molar refractivity (Wildman–Crippen MR) is 54.7 cm³/mol. The molecule has 13 heavy (non-hydrogen) atoms. The average Bonchev–Trinajstić information content (AvgIpc) is 2.15. The van der Waals surface area contributed by atoms with Crippen molar-refractivity contribution in [3.63, 3.8) is 0 Å². The molecule has 0 amide bonds. The van der Waals surface area contributed by atoms with Gasteiger partial charge in [-0.2, -0.15) is 0 Å². The van der Waals surface area contributed by atoms with Crippen molar-refractivity contribution in [1.82, 2.24) is 0 Å². The van der Waals surface area contributed by atoms with E-state index < -0.39 is 8.03 Å². The summed E-state index contributed by atoms with van der Waals surface area (Å²) in [4.78, 5) is 0. The highest BCUT2D eigenvalue weighted by molar-refractivity contribution is 7.48. The van der Waals surface area contributed by atoms with E-state index in [4.69, 9.17) is 4.52 Å². The molecule has 1 unspecified atom stereocenters. The lowest BCUT2D eigenvalue weighted by atomic mass is 10.2. The second kappa shape index (κ2) is 5.11.